The summed E-state index contributed by atoms with van der Waals surface area (Å²) in [5, 5.41) is 3.52. The first-order valence-electron chi connectivity index (χ1n) is 11.8. The lowest BCUT2D eigenvalue weighted by Gasteiger charge is -2.36. The van der Waals surface area contributed by atoms with Crippen molar-refractivity contribution in [1.29, 1.82) is 0 Å². The van der Waals surface area contributed by atoms with Crippen molar-refractivity contribution < 1.29 is 23.9 Å². The highest BCUT2D eigenvalue weighted by molar-refractivity contribution is 6.32. The van der Waals surface area contributed by atoms with E-state index in [9.17, 15) is 19.2 Å². The van der Waals surface area contributed by atoms with Crippen LogP contribution in [0.25, 0.3) is 0 Å². The maximum Gasteiger partial charge on any atom is 0.338 e. The summed E-state index contributed by atoms with van der Waals surface area (Å²) in [5.74, 6) is -2.91. The fourth-order valence-electron chi connectivity index (χ4n) is 6.61. The maximum atomic E-state index is 14.0. The van der Waals surface area contributed by atoms with Gasteiger partial charge in [0, 0.05) is 16.6 Å². The van der Waals surface area contributed by atoms with Gasteiger partial charge in [-0.1, -0.05) is 17.7 Å². The summed E-state index contributed by atoms with van der Waals surface area (Å²) in [4.78, 5) is 56.8. The summed E-state index contributed by atoms with van der Waals surface area (Å²) in [6, 6.07) is 9.61. The van der Waals surface area contributed by atoms with Crippen molar-refractivity contribution in [2.24, 2.45) is 11.8 Å². The lowest BCUT2D eigenvalue weighted by molar-refractivity contribution is -0.135. The van der Waals surface area contributed by atoms with Crippen LogP contribution in [0, 0.1) is 18.8 Å². The van der Waals surface area contributed by atoms with Crippen LogP contribution in [-0.2, 0) is 24.7 Å². The molecule has 2 aromatic carbocycles. The zero-order valence-corrected chi connectivity index (χ0v) is 20.1. The molecule has 9 heteroatoms. The van der Waals surface area contributed by atoms with Crippen LogP contribution in [-0.4, -0.2) is 47.8 Å². The third kappa shape index (κ3) is 2.72. The Labute approximate surface area is 207 Å². The van der Waals surface area contributed by atoms with Crippen LogP contribution in [0.1, 0.15) is 41.3 Å². The smallest absolute Gasteiger partial charge is 0.338 e. The summed E-state index contributed by atoms with van der Waals surface area (Å²) < 4.78 is 5.02. The number of carbonyl (C=O) groups is 4. The first-order chi connectivity index (χ1) is 16.8. The fourth-order valence-corrected chi connectivity index (χ4v) is 6.76. The van der Waals surface area contributed by atoms with Crippen molar-refractivity contribution in [1.82, 2.24) is 4.90 Å². The highest BCUT2D eigenvalue weighted by Crippen LogP contribution is 2.61. The molecule has 0 aliphatic carbocycles. The molecule has 6 rings (SSSR count). The van der Waals surface area contributed by atoms with Crippen molar-refractivity contribution in [2.75, 3.05) is 23.4 Å². The second-order valence-electron chi connectivity index (χ2n) is 9.50. The van der Waals surface area contributed by atoms with Crippen LogP contribution in [0.15, 0.2) is 36.4 Å². The molecule has 2 aromatic rings. The molecule has 4 aliphatic heterocycles. The molecule has 0 bridgehead atoms. The molecule has 4 atom stereocenters. The maximum absolute atomic E-state index is 14.0. The van der Waals surface area contributed by atoms with Crippen LogP contribution in [0.2, 0.25) is 5.02 Å². The predicted octanol–water partition coefficient (Wildman–Crippen LogP) is 3.26. The third-order valence-electron chi connectivity index (χ3n) is 8.00. The molecule has 0 aromatic heterocycles. The molecule has 0 unspecified atom stereocenters. The zero-order chi connectivity index (χ0) is 24.6. The average Bonchev–Trinajstić information content (AvgIpc) is 3.55. The summed E-state index contributed by atoms with van der Waals surface area (Å²) in [7, 11) is 0. The van der Waals surface area contributed by atoms with Gasteiger partial charge in [-0.15, -0.1) is 0 Å². The van der Waals surface area contributed by atoms with Gasteiger partial charge >= 0.3 is 5.97 Å². The summed E-state index contributed by atoms with van der Waals surface area (Å²) in [5.41, 5.74) is 1.56. The van der Waals surface area contributed by atoms with Gasteiger partial charge in [-0.3, -0.25) is 19.3 Å². The topological polar surface area (TPSA) is 96.0 Å². The number of ether oxygens (including phenoxy) is 1. The Bertz CT molecular complexity index is 1310. The number of nitrogens with one attached hydrogen (secondary N) is 1. The highest BCUT2D eigenvalue weighted by atomic mass is 35.5. The van der Waals surface area contributed by atoms with E-state index in [1.165, 1.54) is 4.90 Å². The predicted molar refractivity (Wildman–Crippen MR) is 128 cm³/mol. The van der Waals surface area contributed by atoms with E-state index >= 15 is 0 Å². The standard InChI is InChI=1S/C26H24ClN3O5/c1-3-35-24(33)14-6-8-15(9-7-14)30-22(31)19-18-5-4-12-29(18)26(20(19)23(30)32)16-10-11-17(27)13(2)21(16)28-25(26)34/h6-11,18-20H,3-5,12H2,1-2H3,(H,28,34)/t18-,19+,20+,26-/m0/s1. The fraction of sp³-hybridized carbons (Fsp3) is 0.385. The summed E-state index contributed by atoms with van der Waals surface area (Å²) >= 11 is 6.34. The number of imide groups is 1. The largest absolute Gasteiger partial charge is 0.462 e. The summed E-state index contributed by atoms with van der Waals surface area (Å²) in [6.45, 7) is 4.46. The molecule has 0 saturated carbocycles. The zero-order valence-electron chi connectivity index (χ0n) is 19.3. The van der Waals surface area contributed by atoms with Gasteiger partial charge in [0.1, 0.15) is 5.54 Å². The normalized spacial score (nSPS) is 28.9. The van der Waals surface area contributed by atoms with E-state index in [1.807, 2.05) is 13.0 Å². The van der Waals surface area contributed by atoms with Gasteiger partial charge in [0.2, 0.25) is 17.7 Å². The monoisotopic (exact) mass is 493 g/mol. The number of benzene rings is 2. The minimum atomic E-state index is -1.25. The van der Waals surface area contributed by atoms with Gasteiger partial charge in [-0.25, -0.2) is 9.69 Å². The van der Waals surface area contributed by atoms with Crippen molar-refractivity contribution in [3.8, 4) is 0 Å². The first kappa shape index (κ1) is 22.2. The molecule has 3 saturated heterocycles. The third-order valence-corrected chi connectivity index (χ3v) is 8.41. The Morgan fingerprint density at radius 3 is 2.60 bits per heavy atom. The van der Waals surface area contributed by atoms with E-state index in [-0.39, 0.29) is 24.5 Å². The minimum absolute atomic E-state index is 0.201. The second-order valence-corrected chi connectivity index (χ2v) is 9.91. The lowest BCUT2D eigenvalue weighted by atomic mass is 9.75. The number of rotatable bonds is 3. The Kier molecular flexibility index (Phi) is 4.85. The van der Waals surface area contributed by atoms with E-state index in [4.69, 9.17) is 16.3 Å². The highest BCUT2D eigenvalue weighted by Gasteiger charge is 2.74. The number of amides is 3. The van der Waals surface area contributed by atoms with Crippen LogP contribution in [0.3, 0.4) is 0 Å². The van der Waals surface area contributed by atoms with Crippen molar-refractivity contribution in [2.45, 2.75) is 38.3 Å². The van der Waals surface area contributed by atoms with E-state index in [0.29, 0.717) is 34.1 Å². The van der Waals surface area contributed by atoms with Crippen molar-refractivity contribution >= 4 is 46.7 Å². The lowest BCUT2D eigenvalue weighted by Crippen LogP contribution is -2.54. The second kappa shape index (κ2) is 7.63. The Morgan fingerprint density at radius 1 is 1.14 bits per heavy atom. The average molecular weight is 494 g/mol. The van der Waals surface area contributed by atoms with Gasteiger partial charge in [-0.05, 0) is 69.1 Å². The van der Waals surface area contributed by atoms with Gasteiger partial charge in [0.05, 0.1) is 35.4 Å². The van der Waals surface area contributed by atoms with Crippen LogP contribution in [0.4, 0.5) is 11.4 Å². The molecular formula is C26H24ClN3O5. The molecule has 4 aliphatic rings. The first-order valence-corrected chi connectivity index (χ1v) is 12.2. The molecule has 1 N–H and O–H groups in total. The molecular weight excluding hydrogens is 470 g/mol. The number of anilines is 2. The number of hydrogen-bond donors (Lipinski definition) is 1. The number of esters is 1. The quantitative estimate of drug-likeness (QED) is 0.521. The Hall–Kier alpha value is -3.23. The van der Waals surface area contributed by atoms with Gasteiger partial charge < -0.3 is 10.1 Å². The van der Waals surface area contributed by atoms with E-state index in [0.717, 1.165) is 18.4 Å². The number of hydrogen-bond acceptors (Lipinski definition) is 6. The van der Waals surface area contributed by atoms with E-state index in [2.05, 4.69) is 10.2 Å². The number of halogens is 1. The molecule has 1 spiro atoms. The molecule has 3 amide bonds. The molecule has 4 heterocycles. The summed E-state index contributed by atoms with van der Waals surface area (Å²) in [6.07, 6.45) is 1.59. The van der Waals surface area contributed by atoms with Gasteiger partial charge in [0.25, 0.3) is 0 Å². The van der Waals surface area contributed by atoms with Gasteiger partial charge in [0.15, 0.2) is 0 Å². The van der Waals surface area contributed by atoms with Crippen LogP contribution >= 0.6 is 11.6 Å². The Balaban J connectivity index is 1.46. The Morgan fingerprint density at radius 2 is 1.89 bits per heavy atom. The molecule has 180 valence electrons. The molecule has 0 radical (unpaired) electrons. The number of fused-ring (bicyclic) bond motifs is 7. The van der Waals surface area contributed by atoms with E-state index < -0.39 is 29.3 Å². The number of carbonyl (C=O) groups excluding carboxylic acids is 4. The SMILES string of the molecule is CCOC(=O)c1ccc(N2C(=O)[C@@H]3[C@@H]4CCCN4[C@]4(C(=O)Nc5c4ccc(Cl)c5C)[C@H]3C2=O)cc1. The molecule has 35 heavy (non-hydrogen) atoms. The van der Waals surface area contributed by atoms with Gasteiger partial charge in [-0.2, -0.15) is 0 Å². The van der Waals surface area contributed by atoms with Crippen LogP contribution in [0.5, 0.6) is 0 Å². The molecule has 3 fully saturated rings. The van der Waals surface area contributed by atoms with Crippen molar-refractivity contribution in [3.63, 3.8) is 0 Å². The van der Waals surface area contributed by atoms with Crippen molar-refractivity contribution in [3.05, 3.63) is 58.1 Å². The minimum Gasteiger partial charge on any atom is -0.462 e. The van der Waals surface area contributed by atoms with Crippen LogP contribution < -0.4 is 10.2 Å². The molecule has 8 nitrogen and oxygen atoms in total. The number of nitrogens with zero attached hydrogens (tertiary/aromatic N) is 2. The van der Waals surface area contributed by atoms with E-state index in [1.54, 1.807) is 37.3 Å².